The number of nitrogens with one attached hydrogen (secondary N) is 1. The molecule has 3 amide bonds. The van der Waals surface area contributed by atoms with Gasteiger partial charge in [-0.25, -0.2) is 9.69 Å². The van der Waals surface area contributed by atoms with Gasteiger partial charge >= 0.3 is 17.0 Å². The molecule has 0 saturated carbocycles. The number of imide groups is 1. The summed E-state index contributed by atoms with van der Waals surface area (Å²) in [7, 11) is 0. The first-order valence-corrected chi connectivity index (χ1v) is 15.9. The van der Waals surface area contributed by atoms with Crippen LogP contribution in [0.25, 0.3) is 0 Å². The van der Waals surface area contributed by atoms with Crippen LogP contribution in [0, 0.1) is 5.92 Å². The number of fused-ring (bicyclic) bond motifs is 2. The fraction of sp³-hybridized carbons (Fsp3) is 0.219. The number of carbonyl (C=O) groups excluding carboxylic acids is 4. The fourth-order valence-electron chi connectivity index (χ4n) is 5.66. The van der Waals surface area contributed by atoms with Crippen LogP contribution in [0.4, 0.5) is 24.5 Å². The number of aromatic nitrogens is 1. The molecule has 3 atom stereocenters. The molecule has 0 radical (unpaired) electrons. The SMILES string of the molecule is CCOC(=O)c1ccc(NC(=O)Cn2c3c(sc2=O)[C@@H](c2ccccc2O)[C@H]2C(=O)N(c4cccc(C(F)(F)F)c4)C(=O)[C@H]2S3)cc1. The lowest BCUT2D eigenvalue weighted by molar-refractivity contribution is -0.137. The molecule has 1 aromatic heterocycles. The summed E-state index contributed by atoms with van der Waals surface area (Å²) >= 11 is 1.64. The van der Waals surface area contributed by atoms with E-state index in [1.807, 2.05) is 0 Å². The highest BCUT2D eigenvalue weighted by Gasteiger charge is 2.57. The molecular weight excluding hydrogens is 659 g/mol. The summed E-state index contributed by atoms with van der Waals surface area (Å²) in [4.78, 5) is 66.6. The van der Waals surface area contributed by atoms with Crippen LogP contribution in [0.5, 0.6) is 5.75 Å². The van der Waals surface area contributed by atoms with Crippen LogP contribution < -0.4 is 15.1 Å². The van der Waals surface area contributed by atoms with Crippen molar-refractivity contribution in [3.05, 3.63) is 104 Å². The van der Waals surface area contributed by atoms with Gasteiger partial charge in [-0.15, -0.1) is 0 Å². The number of para-hydroxylation sites is 1. The maximum atomic E-state index is 13.9. The molecule has 2 aliphatic heterocycles. The first-order valence-electron chi connectivity index (χ1n) is 14.2. The van der Waals surface area contributed by atoms with Crippen LogP contribution in [0.3, 0.4) is 0 Å². The van der Waals surface area contributed by atoms with Gasteiger partial charge in [-0.2, -0.15) is 13.2 Å². The number of halogens is 3. The standard InChI is InChI=1S/C32H24F3N3O7S2/c1-2-45-30(43)16-10-12-18(13-11-16)36-22(40)15-37-29-26(47-31(37)44)23(20-8-3-4-9-21(20)39)24-25(46-29)28(42)38(27(24)41)19-7-5-6-17(14-19)32(33,34)35/h3-14,23-25,39H,2,15H2,1H3,(H,36,40)/t23-,24+,25-/m0/s1. The zero-order valence-electron chi connectivity index (χ0n) is 24.3. The molecule has 47 heavy (non-hydrogen) atoms. The largest absolute Gasteiger partial charge is 0.508 e. The summed E-state index contributed by atoms with van der Waals surface area (Å²) < 4.78 is 46.7. The van der Waals surface area contributed by atoms with Crippen LogP contribution in [0.15, 0.2) is 82.6 Å². The molecule has 0 bridgehead atoms. The van der Waals surface area contributed by atoms with E-state index in [0.29, 0.717) is 10.6 Å². The summed E-state index contributed by atoms with van der Waals surface area (Å²) in [6.45, 7) is 1.40. The molecule has 0 aliphatic carbocycles. The Morgan fingerprint density at radius 2 is 1.70 bits per heavy atom. The van der Waals surface area contributed by atoms with Crippen LogP contribution in [-0.2, 0) is 31.8 Å². The van der Waals surface area contributed by atoms with E-state index >= 15 is 0 Å². The number of hydrogen-bond donors (Lipinski definition) is 2. The number of aromatic hydroxyl groups is 1. The molecule has 4 aromatic rings. The third-order valence-electron chi connectivity index (χ3n) is 7.73. The lowest BCUT2D eigenvalue weighted by Gasteiger charge is -2.31. The van der Waals surface area contributed by atoms with Crippen molar-refractivity contribution < 1.29 is 42.2 Å². The van der Waals surface area contributed by atoms with E-state index in [4.69, 9.17) is 4.74 Å². The number of anilines is 2. The molecular formula is C32H24F3N3O7S2. The van der Waals surface area contributed by atoms with Crippen molar-refractivity contribution in [2.24, 2.45) is 5.92 Å². The molecule has 1 saturated heterocycles. The number of alkyl halides is 3. The second-order valence-electron chi connectivity index (χ2n) is 10.6. The van der Waals surface area contributed by atoms with Gasteiger partial charge in [0.15, 0.2) is 0 Å². The number of phenolic OH excluding ortho intramolecular Hbond substituents is 1. The minimum atomic E-state index is -4.72. The van der Waals surface area contributed by atoms with Gasteiger partial charge in [0.1, 0.15) is 17.5 Å². The number of phenols is 1. The normalized spacial score (nSPS) is 18.9. The fourth-order valence-corrected chi connectivity index (χ4v) is 8.43. The van der Waals surface area contributed by atoms with E-state index in [9.17, 15) is 42.3 Å². The molecule has 0 spiro atoms. The summed E-state index contributed by atoms with van der Waals surface area (Å²) in [6, 6.07) is 15.9. The number of hydrogen-bond acceptors (Lipinski definition) is 9. The maximum absolute atomic E-state index is 13.9. The number of benzene rings is 3. The zero-order chi connectivity index (χ0) is 33.6. The van der Waals surface area contributed by atoms with E-state index in [1.165, 1.54) is 41.0 Å². The van der Waals surface area contributed by atoms with Gasteiger partial charge in [0.25, 0.3) is 0 Å². The van der Waals surface area contributed by atoms with E-state index < -0.39 is 63.9 Å². The number of ether oxygens (including phenoxy) is 1. The number of esters is 1. The molecule has 1 fully saturated rings. The van der Waals surface area contributed by atoms with Crippen LogP contribution in [0.1, 0.15) is 39.2 Å². The predicted molar refractivity (Wildman–Crippen MR) is 167 cm³/mol. The Bertz CT molecular complexity index is 1970. The van der Waals surface area contributed by atoms with Crippen LogP contribution in [-0.4, -0.2) is 45.2 Å². The van der Waals surface area contributed by atoms with Gasteiger partial charge in [-0.3, -0.25) is 23.7 Å². The van der Waals surface area contributed by atoms with Crippen molar-refractivity contribution in [3.8, 4) is 5.75 Å². The summed E-state index contributed by atoms with van der Waals surface area (Å²) in [5.41, 5.74) is -0.423. The molecule has 3 aromatic carbocycles. The molecule has 2 aliphatic rings. The predicted octanol–water partition coefficient (Wildman–Crippen LogP) is 5.25. The first-order chi connectivity index (χ1) is 22.4. The second kappa shape index (κ2) is 12.4. The first kappa shape index (κ1) is 32.1. The Morgan fingerprint density at radius 1 is 0.979 bits per heavy atom. The Labute approximate surface area is 272 Å². The highest BCUT2D eigenvalue weighted by molar-refractivity contribution is 8.00. The Kier molecular flexibility index (Phi) is 8.44. The van der Waals surface area contributed by atoms with E-state index in [0.717, 1.165) is 46.2 Å². The minimum Gasteiger partial charge on any atom is -0.508 e. The van der Waals surface area contributed by atoms with Crippen molar-refractivity contribution in [1.82, 2.24) is 4.57 Å². The molecule has 2 N–H and O–H groups in total. The smallest absolute Gasteiger partial charge is 0.416 e. The average Bonchev–Trinajstić information content (AvgIpc) is 3.47. The third kappa shape index (κ3) is 5.91. The summed E-state index contributed by atoms with van der Waals surface area (Å²) in [5, 5.41) is 12.5. The van der Waals surface area contributed by atoms with Crippen molar-refractivity contribution in [3.63, 3.8) is 0 Å². The number of nitrogens with zero attached hydrogens (tertiary/aromatic N) is 2. The highest BCUT2D eigenvalue weighted by atomic mass is 32.2. The Hall–Kier alpha value is -4.89. The number of thiazole rings is 1. The van der Waals surface area contributed by atoms with Gasteiger partial charge < -0.3 is 15.2 Å². The second-order valence-corrected chi connectivity index (χ2v) is 12.8. The lowest BCUT2D eigenvalue weighted by atomic mass is 9.82. The maximum Gasteiger partial charge on any atom is 0.416 e. The quantitative estimate of drug-likeness (QED) is 0.200. The van der Waals surface area contributed by atoms with E-state index in [-0.39, 0.29) is 34.2 Å². The topological polar surface area (TPSA) is 135 Å². The number of carbonyl (C=O) groups is 4. The van der Waals surface area contributed by atoms with Crippen LogP contribution in [0.2, 0.25) is 0 Å². The summed E-state index contributed by atoms with van der Waals surface area (Å²) in [6.07, 6.45) is -4.72. The molecule has 242 valence electrons. The Balaban J connectivity index is 1.35. The van der Waals surface area contributed by atoms with Gasteiger partial charge in [0, 0.05) is 22.0 Å². The average molecular weight is 684 g/mol. The van der Waals surface area contributed by atoms with Gasteiger partial charge in [0.2, 0.25) is 17.7 Å². The van der Waals surface area contributed by atoms with Gasteiger partial charge in [0.05, 0.1) is 34.4 Å². The summed E-state index contributed by atoms with van der Waals surface area (Å²) in [5.74, 6) is -5.07. The Morgan fingerprint density at radius 3 is 2.38 bits per heavy atom. The molecule has 10 nitrogen and oxygen atoms in total. The van der Waals surface area contributed by atoms with Crippen LogP contribution >= 0.6 is 23.1 Å². The van der Waals surface area contributed by atoms with Gasteiger partial charge in [-0.1, -0.05) is 47.4 Å². The van der Waals surface area contributed by atoms with Gasteiger partial charge in [-0.05, 0) is 55.5 Å². The molecule has 0 unspecified atom stereocenters. The lowest BCUT2D eigenvalue weighted by Crippen LogP contribution is -2.33. The molecule has 6 rings (SSSR count). The highest BCUT2D eigenvalue weighted by Crippen LogP contribution is 2.55. The molecule has 3 heterocycles. The monoisotopic (exact) mass is 683 g/mol. The van der Waals surface area contributed by atoms with Crippen molar-refractivity contribution in [2.45, 2.75) is 35.8 Å². The van der Waals surface area contributed by atoms with E-state index in [1.54, 1.807) is 25.1 Å². The van der Waals surface area contributed by atoms with Crippen molar-refractivity contribution >= 4 is 58.2 Å². The number of thioether (sulfide) groups is 1. The van der Waals surface area contributed by atoms with Crippen molar-refractivity contribution in [2.75, 3.05) is 16.8 Å². The molecule has 15 heteroatoms. The minimum absolute atomic E-state index is 0.199. The third-order valence-corrected chi connectivity index (χ3v) is 10.3. The number of amides is 3. The zero-order valence-corrected chi connectivity index (χ0v) is 25.9. The van der Waals surface area contributed by atoms with Crippen molar-refractivity contribution in [1.29, 1.82) is 0 Å². The van der Waals surface area contributed by atoms with E-state index in [2.05, 4.69) is 5.32 Å². The number of rotatable bonds is 7.